The molecule has 0 spiro atoms. The van der Waals surface area contributed by atoms with Gasteiger partial charge in [0.2, 0.25) is 17.1 Å². The summed E-state index contributed by atoms with van der Waals surface area (Å²) in [6, 6.07) is 8.93. The van der Waals surface area contributed by atoms with E-state index in [0.717, 1.165) is 10.0 Å². The number of carbonyl (C=O) groups excluding carboxylic acids is 2. The third-order valence-electron chi connectivity index (χ3n) is 5.00. The van der Waals surface area contributed by atoms with Crippen LogP contribution in [-0.2, 0) is 14.3 Å². The predicted molar refractivity (Wildman–Crippen MR) is 113 cm³/mol. The molecule has 1 heterocycles. The lowest BCUT2D eigenvalue weighted by molar-refractivity contribution is -0.168. The van der Waals surface area contributed by atoms with E-state index in [0.29, 0.717) is 22.8 Å². The van der Waals surface area contributed by atoms with Gasteiger partial charge in [-0.25, -0.2) is 4.79 Å². The molecule has 0 unspecified atom stereocenters. The molecule has 160 valence electrons. The summed E-state index contributed by atoms with van der Waals surface area (Å²) in [5, 5.41) is 0. The van der Waals surface area contributed by atoms with Crippen LogP contribution in [0.1, 0.15) is 41.4 Å². The number of rotatable bonds is 6. The Balaban J connectivity index is 2.33. The molecule has 0 aliphatic carbocycles. The van der Waals surface area contributed by atoms with E-state index < -0.39 is 23.5 Å². The number of halogens is 1. The van der Waals surface area contributed by atoms with Gasteiger partial charge in [0.25, 0.3) is 0 Å². The Labute approximate surface area is 183 Å². The number of hydrogen-bond acceptors (Lipinski definition) is 7. The molecule has 0 radical (unpaired) electrons. The highest BCUT2D eigenvalue weighted by Crippen LogP contribution is 2.51. The first kappa shape index (κ1) is 22.1. The van der Waals surface area contributed by atoms with Gasteiger partial charge in [-0.15, -0.1) is 0 Å². The van der Waals surface area contributed by atoms with E-state index in [1.165, 1.54) is 28.3 Å². The summed E-state index contributed by atoms with van der Waals surface area (Å²) in [4.78, 5) is 26.2. The number of hydrogen-bond donors (Lipinski definition) is 0. The second-order valence-corrected chi connectivity index (χ2v) is 7.65. The zero-order valence-electron chi connectivity index (χ0n) is 17.4. The van der Waals surface area contributed by atoms with E-state index in [1.54, 1.807) is 13.0 Å². The van der Waals surface area contributed by atoms with Crippen LogP contribution >= 0.6 is 15.9 Å². The maximum absolute atomic E-state index is 13.4. The lowest BCUT2D eigenvalue weighted by Gasteiger charge is -2.38. The molecule has 30 heavy (non-hydrogen) atoms. The van der Waals surface area contributed by atoms with Crippen LogP contribution in [0.15, 0.2) is 34.8 Å². The van der Waals surface area contributed by atoms with E-state index in [4.69, 9.17) is 23.7 Å². The molecular weight excluding hydrogens is 456 g/mol. The molecule has 1 aliphatic rings. The Morgan fingerprint density at radius 2 is 1.73 bits per heavy atom. The summed E-state index contributed by atoms with van der Waals surface area (Å²) in [6.45, 7) is 3.22. The minimum absolute atomic E-state index is 0.121. The fourth-order valence-electron chi connectivity index (χ4n) is 3.51. The fraction of sp³-hybridized carbons (Fsp3) is 0.364. The maximum Gasteiger partial charge on any atom is 0.346 e. The molecule has 2 aromatic carbocycles. The van der Waals surface area contributed by atoms with Crippen molar-refractivity contribution >= 4 is 27.7 Å². The van der Waals surface area contributed by atoms with Crippen molar-refractivity contribution in [2.45, 2.75) is 25.6 Å². The van der Waals surface area contributed by atoms with E-state index >= 15 is 0 Å². The highest BCUT2D eigenvalue weighted by Gasteiger charge is 2.53. The fourth-order valence-corrected chi connectivity index (χ4v) is 3.78. The van der Waals surface area contributed by atoms with Gasteiger partial charge in [-0.3, -0.25) is 4.79 Å². The quantitative estimate of drug-likeness (QED) is 0.456. The number of ether oxygens (including phenoxy) is 5. The molecule has 3 rings (SSSR count). The highest BCUT2D eigenvalue weighted by atomic mass is 79.9. The molecule has 0 fully saturated rings. The summed E-state index contributed by atoms with van der Waals surface area (Å²) in [5.41, 5.74) is -0.387. The smallest absolute Gasteiger partial charge is 0.346 e. The summed E-state index contributed by atoms with van der Waals surface area (Å²) in [6.07, 6.45) is -0.782. The van der Waals surface area contributed by atoms with E-state index in [1.807, 2.05) is 24.3 Å². The van der Waals surface area contributed by atoms with Crippen LogP contribution in [0.25, 0.3) is 0 Å². The lowest BCUT2D eigenvalue weighted by Crippen LogP contribution is -2.51. The van der Waals surface area contributed by atoms with Gasteiger partial charge in [-0.05, 0) is 37.6 Å². The second-order valence-electron chi connectivity index (χ2n) is 6.74. The SMILES string of the molecule is CCOC(=O)[C@]1(C)O[C@H](c2ccc(Br)cc2)c2c(cc(OC)c(OC)c2OC)C1=O. The van der Waals surface area contributed by atoms with Crippen molar-refractivity contribution in [2.24, 2.45) is 0 Å². The molecule has 2 aromatic rings. The van der Waals surface area contributed by atoms with Crippen molar-refractivity contribution < 1.29 is 33.3 Å². The molecule has 7 nitrogen and oxygen atoms in total. The van der Waals surface area contributed by atoms with Gasteiger partial charge in [0.05, 0.1) is 27.9 Å². The van der Waals surface area contributed by atoms with Crippen LogP contribution in [0.5, 0.6) is 17.2 Å². The minimum Gasteiger partial charge on any atom is -0.493 e. The van der Waals surface area contributed by atoms with Gasteiger partial charge < -0.3 is 23.7 Å². The Hall–Kier alpha value is -2.58. The summed E-state index contributed by atoms with van der Waals surface area (Å²) < 4.78 is 28.7. The second kappa shape index (κ2) is 8.65. The molecule has 1 aliphatic heterocycles. The van der Waals surface area contributed by atoms with Gasteiger partial charge in [0.15, 0.2) is 11.5 Å². The number of ketones is 1. The Bertz CT molecular complexity index is 970. The number of esters is 1. The van der Waals surface area contributed by atoms with E-state index in [-0.39, 0.29) is 12.2 Å². The van der Waals surface area contributed by atoms with Crippen molar-refractivity contribution in [1.82, 2.24) is 0 Å². The van der Waals surface area contributed by atoms with Crippen molar-refractivity contribution in [3.05, 3.63) is 51.5 Å². The van der Waals surface area contributed by atoms with Crippen LogP contribution < -0.4 is 14.2 Å². The Morgan fingerprint density at radius 3 is 2.27 bits per heavy atom. The Kier molecular flexibility index (Phi) is 6.38. The molecule has 0 saturated heterocycles. The third kappa shape index (κ3) is 3.54. The predicted octanol–water partition coefficient (Wildman–Crippen LogP) is 4.10. The number of benzene rings is 2. The molecule has 0 saturated carbocycles. The van der Waals surface area contributed by atoms with Crippen molar-refractivity contribution in [3.63, 3.8) is 0 Å². The summed E-state index contributed by atoms with van der Waals surface area (Å²) >= 11 is 3.42. The van der Waals surface area contributed by atoms with Crippen LogP contribution in [-0.4, -0.2) is 45.3 Å². The van der Waals surface area contributed by atoms with Crippen LogP contribution in [0, 0.1) is 0 Å². The summed E-state index contributed by atoms with van der Waals surface area (Å²) in [7, 11) is 4.42. The largest absolute Gasteiger partial charge is 0.493 e. The first-order valence-electron chi connectivity index (χ1n) is 9.30. The van der Waals surface area contributed by atoms with Gasteiger partial charge in [-0.1, -0.05) is 28.1 Å². The number of carbonyl (C=O) groups is 2. The van der Waals surface area contributed by atoms with Crippen LogP contribution in [0.4, 0.5) is 0 Å². The van der Waals surface area contributed by atoms with Crippen LogP contribution in [0.3, 0.4) is 0 Å². The first-order chi connectivity index (χ1) is 14.3. The van der Waals surface area contributed by atoms with Gasteiger partial charge in [0.1, 0.15) is 6.10 Å². The van der Waals surface area contributed by atoms with Gasteiger partial charge >= 0.3 is 5.97 Å². The zero-order chi connectivity index (χ0) is 22.1. The number of Topliss-reactive ketones (excluding diaryl/α,β-unsaturated/α-hetero) is 1. The molecule has 0 amide bonds. The third-order valence-corrected chi connectivity index (χ3v) is 5.53. The lowest BCUT2D eigenvalue weighted by atomic mass is 9.83. The number of fused-ring (bicyclic) bond motifs is 1. The Morgan fingerprint density at radius 1 is 1.10 bits per heavy atom. The van der Waals surface area contributed by atoms with Gasteiger partial charge in [-0.2, -0.15) is 0 Å². The molecular formula is C22H23BrO7. The monoisotopic (exact) mass is 478 g/mol. The molecule has 0 aromatic heterocycles. The average molecular weight is 479 g/mol. The summed E-state index contributed by atoms with van der Waals surface area (Å²) in [5.74, 6) is -0.347. The standard InChI is InChI=1S/C22H23BrO7/c1-6-29-21(25)22(2)20(24)14-11-15(26-3)18(27-4)19(28-5)16(14)17(30-22)12-7-9-13(23)10-8-12/h7-11,17H,6H2,1-5H3/t17-,22-/m1/s1. The zero-order valence-corrected chi connectivity index (χ0v) is 19.0. The van der Waals surface area contributed by atoms with Crippen molar-refractivity contribution in [1.29, 1.82) is 0 Å². The highest BCUT2D eigenvalue weighted by molar-refractivity contribution is 9.10. The molecule has 8 heteroatoms. The minimum atomic E-state index is -1.83. The van der Waals surface area contributed by atoms with Crippen molar-refractivity contribution in [3.8, 4) is 17.2 Å². The maximum atomic E-state index is 13.4. The number of methoxy groups -OCH3 is 3. The van der Waals surface area contributed by atoms with Gasteiger partial charge in [0, 0.05) is 15.6 Å². The topological polar surface area (TPSA) is 80.3 Å². The van der Waals surface area contributed by atoms with E-state index in [2.05, 4.69) is 15.9 Å². The molecule has 2 atom stereocenters. The van der Waals surface area contributed by atoms with Crippen LogP contribution in [0.2, 0.25) is 0 Å². The molecule has 0 N–H and O–H groups in total. The average Bonchev–Trinajstić information content (AvgIpc) is 2.75. The van der Waals surface area contributed by atoms with E-state index in [9.17, 15) is 9.59 Å². The first-order valence-corrected chi connectivity index (χ1v) is 10.1. The normalized spacial score (nSPS) is 20.3. The molecule has 0 bridgehead atoms. The van der Waals surface area contributed by atoms with Crippen molar-refractivity contribution in [2.75, 3.05) is 27.9 Å².